The predicted molar refractivity (Wildman–Crippen MR) is 206 cm³/mol. The molecule has 3 aromatic carbocycles. The molecule has 3 heterocycles. The SMILES string of the molecule is Cc1nc(CC(N)=O)sc1S(=O)(=O)Oc1ccc(NC(=O)N([C@H]2CCC[N+](C)(Cc3ccc4c(c3)OCO4)C2)[C@@H](Cc2ccc(O)cc2)C(N)=O)cc1.O=C([O-])C(F)(F)F. The Morgan fingerprint density at radius 1 is 1.05 bits per heavy atom. The second-order valence-corrected chi connectivity index (χ2v) is 17.1. The highest BCUT2D eigenvalue weighted by Gasteiger charge is 2.41. The van der Waals surface area contributed by atoms with E-state index in [0.29, 0.717) is 46.7 Å². The topological polar surface area (TPSA) is 254 Å². The Bertz CT molecular complexity index is 2330. The van der Waals surface area contributed by atoms with Gasteiger partial charge in [-0.2, -0.15) is 21.6 Å². The van der Waals surface area contributed by atoms with Crippen molar-refractivity contribution in [3.63, 3.8) is 0 Å². The van der Waals surface area contributed by atoms with Crippen molar-refractivity contribution in [1.29, 1.82) is 0 Å². The Morgan fingerprint density at radius 3 is 2.30 bits per heavy atom. The van der Waals surface area contributed by atoms with Crippen LogP contribution in [-0.4, -0.2) is 96.9 Å². The number of benzene rings is 3. The van der Waals surface area contributed by atoms with E-state index in [4.69, 9.17) is 35.0 Å². The minimum absolute atomic E-state index is 0.0182. The lowest BCUT2D eigenvalue weighted by molar-refractivity contribution is -0.928. The molecule has 4 amide bonds. The number of ether oxygens (including phenoxy) is 2. The van der Waals surface area contributed by atoms with Gasteiger partial charge < -0.3 is 54.8 Å². The maximum absolute atomic E-state index is 14.3. The number of hydrogen-bond donors (Lipinski definition) is 4. The summed E-state index contributed by atoms with van der Waals surface area (Å²) < 4.78 is 74.5. The first-order chi connectivity index (χ1) is 28.1. The number of hydrogen-bond acceptors (Lipinski definition) is 13. The van der Waals surface area contributed by atoms with Crippen LogP contribution in [0, 0.1) is 6.92 Å². The van der Waals surface area contributed by atoms with Gasteiger partial charge in [0.1, 0.15) is 35.1 Å². The molecule has 2 aliphatic rings. The van der Waals surface area contributed by atoms with E-state index < -0.39 is 46.2 Å². The highest BCUT2D eigenvalue weighted by Crippen LogP contribution is 2.35. The van der Waals surface area contributed by atoms with Gasteiger partial charge in [0, 0.05) is 17.7 Å². The van der Waals surface area contributed by atoms with Gasteiger partial charge in [0.2, 0.25) is 18.6 Å². The number of thiazole rings is 1. The number of fused-ring (bicyclic) bond motifs is 1. The van der Waals surface area contributed by atoms with Crippen LogP contribution >= 0.6 is 11.3 Å². The van der Waals surface area contributed by atoms with Gasteiger partial charge in [-0.1, -0.05) is 12.1 Å². The molecule has 3 atom stereocenters. The van der Waals surface area contributed by atoms with Gasteiger partial charge in [-0.3, -0.25) is 9.59 Å². The van der Waals surface area contributed by atoms with Gasteiger partial charge in [0.25, 0.3) is 0 Å². The average molecular weight is 879 g/mol. The van der Waals surface area contributed by atoms with Crippen LogP contribution in [0.2, 0.25) is 0 Å². The number of amides is 4. The lowest BCUT2D eigenvalue weighted by Gasteiger charge is -2.46. The van der Waals surface area contributed by atoms with Crippen LogP contribution in [0.4, 0.5) is 23.7 Å². The quantitative estimate of drug-likeness (QED) is 0.112. The first-order valence-electron chi connectivity index (χ1n) is 18.1. The second-order valence-electron chi connectivity index (χ2n) is 14.3. The lowest BCUT2D eigenvalue weighted by Crippen LogP contribution is -2.62. The van der Waals surface area contributed by atoms with E-state index >= 15 is 0 Å². The maximum atomic E-state index is 14.3. The Kier molecular flexibility index (Phi) is 13.8. The molecule has 1 fully saturated rings. The first kappa shape index (κ1) is 45.0. The van der Waals surface area contributed by atoms with E-state index in [-0.39, 0.29) is 52.1 Å². The van der Waals surface area contributed by atoms with Crippen molar-refractivity contribution >= 4 is 51.0 Å². The number of alkyl halides is 3. The minimum atomic E-state index is -5.19. The standard InChI is InChI=1S/C36H40N6O9S2.C2HF3O2/c1-22-35(52-33(39-22)18-32(37)44)53(47,48)51-28-12-8-25(9-13-28)40-36(46)41(29(34(38)45)16-23-5-10-27(43)11-6-23)26-4-3-15-42(2,20-26)19-24-7-14-30-31(17-24)50-21-49-30;3-2(4,5)1(6)7/h5-14,17,26,29H,3-4,15-16,18-21H2,1-2H3,(H5-,37,38,40,43,44,45,46);(H,6,7)/t26-,29-,42?;/m0./s1. The second kappa shape index (κ2) is 18.4. The van der Waals surface area contributed by atoms with E-state index in [1.807, 2.05) is 18.2 Å². The number of phenols is 1. The average Bonchev–Trinajstić information content (AvgIpc) is 3.78. The van der Waals surface area contributed by atoms with E-state index in [1.54, 1.807) is 12.1 Å². The van der Waals surface area contributed by atoms with Crippen LogP contribution in [0.1, 0.15) is 34.7 Å². The van der Waals surface area contributed by atoms with Crippen molar-refractivity contribution in [2.24, 2.45) is 11.5 Å². The molecule has 0 spiro atoms. The number of aromatic hydroxyl groups is 1. The largest absolute Gasteiger partial charge is 0.542 e. The molecule has 1 unspecified atom stereocenters. The van der Waals surface area contributed by atoms with Crippen molar-refractivity contribution in [3.05, 3.63) is 88.6 Å². The number of anilines is 1. The minimum Gasteiger partial charge on any atom is -0.542 e. The summed E-state index contributed by atoms with van der Waals surface area (Å²) >= 11 is 0.804. The fourth-order valence-electron chi connectivity index (χ4n) is 6.84. The zero-order chi connectivity index (χ0) is 44.0. The number of urea groups is 1. The number of carbonyl (C=O) groups excluding carboxylic acids is 4. The molecule has 322 valence electrons. The molecule has 4 aromatic rings. The molecule has 6 rings (SSSR count). The van der Waals surface area contributed by atoms with Gasteiger partial charge >= 0.3 is 22.3 Å². The van der Waals surface area contributed by atoms with Gasteiger partial charge in [-0.15, -0.1) is 11.3 Å². The number of likely N-dealkylation sites (N-methyl/N-ethyl adjacent to an activating group) is 1. The highest BCUT2D eigenvalue weighted by molar-refractivity contribution is 7.89. The molecular weight excluding hydrogens is 838 g/mol. The molecule has 17 nitrogen and oxygen atoms in total. The predicted octanol–water partition coefficient (Wildman–Crippen LogP) is 2.72. The first-order valence-corrected chi connectivity index (χ1v) is 20.3. The number of carbonyl (C=O) groups is 4. The smallest absolute Gasteiger partial charge is 0.430 e. The van der Waals surface area contributed by atoms with E-state index in [2.05, 4.69) is 17.3 Å². The zero-order valence-electron chi connectivity index (χ0n) is 32.1. The Labute approximate surface area is 346 Å². The number of rotatable bonds is 13. The zero-order valence-corrected chi connectivity index (χ0v) is 33.8. The number of halogens is 3. The third-order valence-corrected chi connectivity index (χ3v) is 12.4. The number of nitrogens with one attached hydrogen (secondary N) is 1. The number of aliphatic carboxylic acids is 1. The van der Waals surface area contributed by atoms with Crippen LogP contribution in [0.5, 0.6) is 23.0 Å². The monoisotopic (exact) mass is 878 g/mol. The number of nitrogens with zero attached hydrogens (tertiary/aromatic N) is 3. The number of carboxylic acids is 1. The Hall–Kier alpha value is -6.13. The summed E-state index contributed by atoms with van der Waals surface area (Å²) in [5, 5.41) is 21.7. The molecule has 1 aromatic heterocycles. The number of aryl methyl sites for hydroxylation is 1. The van der Waals surface area contributed by atoms with Crippen molar-refractivity contribution < 1.29 is 69.1 Å². The summed E-state index contributed by atoms with van der Waals surface area (Å²) in [6.07, 6.45) is -3.86. The normalized spacial score (nSPS) is 17.7. The van der Waals surface area contributed by atoms with E-state index in [9.17, 15) is 41.1 Å². The van der Waals surface area contributed by atoms with Gasteiger partial charge in [-0.05, 0) is 79.9 Å². The lowest BCUT2D eigenvalue weighted by atomic mass is 9.96. The molecule has 1 saturated heterocycles. The van der Waals surface area contributed by atoms with Gasteiger partial charge in [0.15, 0.2) is 15.7 Å². The van der Waals surface area contributed by atoms with Crippen LogP contribution < -0.4 is 35.5 Å². The molecule has 0 saturated carbocycles. The molecule has 2 aliphatic heterocycles. The van der Waals surface area contributed by atoms with Gasteiger partial charge in [0.05, 0.1) is 38.3 Å². The fourth-order valence-corrected chi connectivity index (χ4v) is 9.29. The number of likely N-dealkylation sites (tertiary alicyclic amines) is 1. The van der Waals surface area contributed by atoms with E-state index in [0.717, 1.165) is 29.9 Å². The molecule has 0 bridgehead atoms. The number of primary amides is 2. The van der Waals surface area contributed by atoms with Crippen LogP contribution in [-0.2, 0) is 43.9 Å². The van der Waals surface area contributed by atoms with Crippen molar-refractivity contribution in [1.82, 2.24) is 9.88 Å². The number of piperidine rings is 1. The third kappa shape index (κ3) is 11.8. The number of aromatic nitrogens is 1. The summed E-state index contributed by atoms with van der Waals surface area (Å²) in [7, 11) is -2.17. The number of phenolic OH excluding ortho intramolecular Hbond substituents is 1. The molecule has 60 heavy (non-hydrogen) atoms. The van der Waals surface area contributed by atoms with E-state index in [1.165, 1.54) is 48.2 Å². The van der Waals surface area contributed by atoms with Crippen molar-refractivity contribution in [2.45, 2.75) is 61.6 Å². The molecule has 22 heteroatoms. The summed E-state index contributed by atoms with van der Waals surface area (Å²) in [5.41, 5.74) is 13.5. The number of carboxylic acid groups (broad SMARTS) is 1. The fraction of sp³-hybridized carbons (Fsp3) is 0.342. The summed E-state index contributed by atoms with van der Waals surface area (Å²) in [6, 6.07) is 16.0. The molecular formula is C38H41F3N6O11S2. The highest BCUT2D eigenvalue weighted by atomic mass is 32.3. The maximum Gasteiger partial charge on any atom is 0.430 e. The number of nitrogens with two attached hydrogens (primary N) is 2. The summed E-state index contributed by atoms with van der Waals surface area (Å²) in [4.78, 5) is 53.2. The molecule has 0 aliphatic carbocycles. The van der Waals surface area contributed by atoms with Crippen molar-refractivity contribution in [3.8, 4) is 23.0 Å². The Balaban J connectivity index is 0.000000896. The van der Waals surface area contributed by atoms with Crippen molar-refractivity contribution in [2.75, 3.05) is 32.2 Å². The van der Waals surface area contributed by atoms with Crippen LogP contribution in [0.25, 0.3) is 0 Å². The van der Waals surface area contributed by atoms with Gasteiger partial charge in [-0.25, -0.2) is 9.78 Å². The summed E-state index contributed by atoms with van der Waals surface area (Å²) in [5.74, 6) is -2.90. The molecule has 0 radical (unpaired) electrons. The van der Waals surface area contributed by atoms with Crippen LogP contribution in [0.3, 0.4) is 0 Å². The number of quaternary nitrogens is 1. The van der Waals surface area contributed by atoms with Crippen LogP contribution in [0.15, 0.2) is 70.9 Å². The third-order valence-electron chi connectivity index (χ3n) is 9.44. The summed E-state index contributed by atoms with van der Waals surface area (Å²) in [6.45, 7) is 3.70. The Morgan fingerprint density at radius 2 is 1.68 bits per heavy atom. The molecule has 6 N–H and O–H groups in total.